The lowest BCUT2D eigenvalue weighted by atomic mass is 10.1. The SMILES string of the molecule is Cc1cc(NC(=O)c2ccc(S(=O)(=O)N3CCCCCC3)cc2)n(-c2nc3cc(C)c(C)cc3s2)n1. The molecule has 1 aliphatic heterocycles. The fraction of sp³-hybridized carbons (Fsp3) is 0.346. The van der Waals surface area contributed by atoms with Gasteiger partial charge in [-0.3, -0.25) is 4.79 Å². The van der Waals surface area contributed by atoms with Gasteiger partial charge in [-0.2, -0.15) is 14.1 Å². The summed E-state index contributed by atoms with van der Waals surface area (Å²) in [6.45, 7) is 7.07. The third-order valence-corrected chi connectivity index (χ3v) is 9.47. The molecular formula is C26H29N5O3S2. The number of aromatic nitrogens is 3. The molecule has 2 aromatic heterocycles. The lowest BCUT2D eigenvalue weighted by molar-refractivity contribution is 0.102. The molecule has 0 bridgehead atoms. The van der Waals surface area contributed by atoms with Gasteiger partial charge in [0.1, 0.15) is 5.82 Å². The summed E-state index contributed by atoms with van der Waals surface area (Å²) in [6, 6.07) is 12.1. The molecule has 0 saturated carbocycles. The summed E-state index contributed by atoms with van der Waals surface area (Å²) in [5.74, 6) is 0.161. The Labute approximate surface area is 215 Å². The van der Waals surface area contributed by atoms with Gasteiger partial charge in [-0.05, 0) is 81.1 Å². The van der Waals surface area contributed by atoms with Crippen molar-refractivity contribution in [3.63, 3.8) is 0 Å². The average Bonchev–Trinajstić information content (AvgIpc) is 3.28. The molecule has 1 amide bonds. The highest BCUT2D eigenvalue weighted by molar-refractivity contribution is 7.89. The van der Waals surface area contributed by atoms with Crippen molar-refractivity contribution in [2.24, 2.45) is 0 Å². The first-order valence-corrected chi connectivity index (χ1v) is 14.3. The minimum atomic E-state index is -3.56. The molecule has 0 atom stereocenters. The average molecular weight is 524 g/mol. The first-order chi connectivity index (χ1) is 17.2. The molecule has 0 spiro atoms. The second kappa shape index (κ2) is 9.76. The van der Waals surface area contributed by atoms with Crippen LogP contribution in [-0.4, -0.2) is 46.5 Å². The van der Waals surface area contributed by atoms with Crippen LogP contribution in [0.5, 0.6) is 0 Å². The van der Waals surface area contributed by atoms with Gasteiger partial charge in [0, 0.05) is 24.7 Å². The number of hydrogen-bond donors (Lipinski definition) is 1. The fourth-order valence-electron chi connectivity index (χ4n) is 4.39. The molecule has 188 valence electrons. The predicted molar refractivity (Wildman–Crippen MR) is 143 cm³/mol. The molecule has 8 nitrogen and oxygen atoms in total. The Bertz CT molecular complexity index is 1490. The van der Waals surface area contributed by atoms with Gasteiger partial charge in [0.05, 0.1) is 20.8 Å². The standard InChI is InChI=1S/C26H29N5O3S2/c1-17-14-22-23(15-18(17)2)35-26(27-22)31-24(16-19(3)29-31)28-25(32)20-8-10-21(11-9-20)36(33,34)30-12-6-4-5-7-13-30/h8-11,14-16H,4-7,12-13H2,1-3H3,(H,28,32). The lowest BCUT2D eigenvalue weighted by Gasteiger charge is -2.20. The van der Waals surface area contributed by atoms with E-state index in [4.69, 9.17) is 4.98 Å². The van der Waals surface area contributed by atoms with Crippen molar-refractivity contribution in [2.45, 2.75) is 51.3 Å². The quantitative estimate of drug-likeness (QED) is 0.387. The van der Waals surface area contributed by atoms with Gasteiger partial charge in [-0.15, -0.1) is 0 Å². The lowest BCUT2D eigenvalue weighted by Crippen LogP contribution is -2.31. The van der Waals surface area contributed by atoms with Crippen LogP contribution in [0.15, 0.2) is 47.4 Å². The van der Waals surface area contributed by atoms with Crippen molar-refractivity contribution in [3.05, 3.63) is 64.8 Å². The van der Waals surface area contributed by atoms with Gasteiger partial charge < -0.3 is 5.32 Å². The van der Waals surface area contributed by atoms with Crippen LogP contribution >= 0.6 is 11.3 Å². The summed E-state index contributed by atoms with van der Waals surface area (Å²) in [7, 11) is -3.56. The number of fused-ring (bicyclic) bond motifs is 1. The number of thiazole rings is 1. The zero-order valence-electron chi connectivity index (χ0n) is 20.6. The molecular weight excluding hydrogens is 494 g/mol. The number of sulfonamides is 1. The van der Waals surface area contributed by atoms with Crippen LogP contribution in [0.25, 0.3) is 15.3 Å². The zero-order chi connectivity index (χ0) is 25.4. The monoisotopic (exact) mass is 523 g/mol. The number of nitrogens with one attached hydrogen (secondary N) is 1. The van der Waals surface area contributed by atoms with Gasteiger partial charge in [-0.25, -0.2) is 13.4 Å². The fourth-order valence-corrected chi connectivity index (χ4v) is 6.92. The Morgan fingerprint density at radius 3 is 2.31 bits per heavy atom. The van der Waals surface area contributed by atoms with Crippen LogP contribution in [0.4, 0.5) is 5.82 Å². The smallest absolute Gasteiger partial charge is 0.256 e. The highest BCUT2D eigenvalue weighted by atomic mass is 32.2. The summed E-state index contributed by atoms with van der Waals surface area (Å²) in [5.41, 5.74) is 4.38. The highest BCUT2D eigenvalue weighted by Gasteiger charge is 2.25. The molecule has 10 heteroatoms. The Kier molecular flexibility index (Phi) is 6.67. The zero-order valence-corrected chi connectivity index (χ0v) is 22.2. The van der Waals surface area contributed by atoms with Crippen molar-refractivity contribution in [3.8, 4) is 5.13 Å². The van der Waals surface area contributed by atoms with Crippen molar-refractivity contribution >= 4 is 43.3 Å². The maximum Gasteiger partial charge on any atom is 0.256 e. The van der Waals surface area contributed by atoms with E-state index in [0.717, 1.165) is 41.6 Å². The second-order valence-corrected chi connectivity index (χ2v) is 12.2. The third-order valence-electron chi connectivity index (χ3n) is 6.57. The Balaban J connectivity index is 1.37. The number of carbonyl (C=O) groups is 1. The van der Waals surface area contributed by atoms with Crippen LogP contribution in [0.3, 0.4) is 0 Å². The number of carbonyl (C=O) groups excluding carboxylic acids is 1. The van der Waals surface area contributed by atoms with E-state index in [1.807, 2.05) is 6.92 Å². The first-order valence-electron chi connectivity index (χ1n) is 12.1. The minimum absolute atomic E-state index is 0.210. The molecule has 0 aliphatic carbocycles. The van der Waals surface area contributed by atoms with Gasteiger partial charge >= 0.3 is 0 Å². The van der Waals surface area contributed by atoms with Crippen LogP contribution < -0.4 is 5.32 Å². The van der Waals surface area contributed by atoms with Crippen molar-refractivity contribution < 1.29 is 13.2 Å². The topological polar surface area (TPSA) is 97.2 Å². The van der Waals surface area contributed by atoms with Crippen molar-refractivity contribution in [1.82, 2.24) is 19.1 Å². The van der Waals surface area contributed by atoms with E-state index in [2.05, 4.69) is 36.4 Å². The maximum atomic E-state index is 13.0. The molecule has 1 N–H and O–H groups in total. The van der Waals surface area contributed by atoms with Crippen LogP contribution in [0, 0.1) is 20.8 Å². The van der Waals surface area contributed by atoms with E-state index in [9.17, 15) is 13.2 Å². The van der Waals surface area contributed by atoms with Crippen molar-refractivity contribution in [2.75, 3.05) is 18.4 Å². The number of amides is 1. The van der Waals surface area contributed by atoms with Crippen molar-refractivity contribution in [1.29, 1.82) is 0 Å². The van der Waals surface area contributed by atoms with E-state index in [1.165, 1.54) is 34.6 Å². The predicted octanol–water partition coefficient (Wildman–Crippen LogP) is 5.22. The largest absolute Gasteiger partial charge is 0.306 e. The third kappa shape index (κ3) is 4.80. The maximum absolute atomic E-state index is 13.0. The molecule has 1 fully saturated rings. The van der Waals surface area contributed by atoms with Crippen LogP contribution in [-0.2, 0) is 10.0 Å². The number of nitrogens with zero attached hydrogens (tertiary/aromatic N) is 4. The molecule has 0 radical (unpaired) electrons. The van der Waals surface area contributed by atoms with E-state index in [1.54, 1.807) is 27.2 Å². The molecule has 0 unspecified atom stereocenters. The molecule has 36 heavy (non-hydrogen) atoms. The highest BCUT2D eigenvalue weighted by Crippen LogP contribution is 2.29. The molecule has 1 aliphatic rings. The molecule has 3 heterocycles. The number of aryl methyl sites for hydroxylation is 3. The van der Waals surface area contributed by atoms with Crippen LogP contribution in [0.2, 0.25) is 0 Å². The summed E-state index contributed by atoms with van der Waals surface area (Å²) < 4.78 is 30.3. The molecule has 2 aromatic carbocycles. The first kappa shape index (κ1) is 24.6. The Morgan fingerprint density at radius 2 is 1.61 bits per heavy atom. The van der Waals surface area contributed by atoms with E-state index < -0.39 is 10.0 Å². The van der Waals surface area contributed by atoms with Gasteiger partial charge in [-0.1, -0.05) is 24.2 Å². The van der Waals surface area contributed by atoms with E-state index in [0.29, 0.717) is 29.6 Å². The molecule has 1 saturated heterocycles. The molecule has 5 rings (SSSR count). The summed E-state index contributed by atoms with van der Waals surface area (Å²) >= 11 is 1.51. The number of hydrogen-bond acceptors (Lipinski definition) is 6. The second-order valence-electron chi connectivity index (χ2n) is 9.28. The van der Waals surface area contributed by atoms with E-state index in [-0.39, 0.29) is 10.8 Å². The van der Waals surface area contributed by atoms with Crippen LogP contribution in [0.1, 0.15) is 52.9 Å². The molecule has 4 aromatic rings. The number of rotatable bonds is 5. The normalized spacial score (nSPS) is 15.2. The Hall–Kier alpha value is -3.08. The number of benzene rings is 2. The summed E-state index contributed by atoms with van der Waals surface area (Å²) in [5, 5.41) is 8.11. The Morgan fingerprint density at radius 1 is 0.944 bits per heavy atom. The van der Waals surface area contributed by atoms with Gasteiger partial charge in [0.2, 0.25) is 15.2 Å². The number of anilines is 1. The van der Waals surface area contributed by atoms with E-state index >= 15 is 0 Å². The summed E-state index contributed by atoms with van der Waals surface area (Å²) in [6.07, 6.45) is 3.86. The summed E-state index contributed by atoms with van der Waals surface area (Å²) in [4.78, 5) is 18.0. The van der Waals surface area contributed by atoms with Gasteiger partial charge in [0.25, 0.3) is 5.91 Å². The minimum Gasteiger partial charge on any atom is -0.306 e. The van der Waals surface area contributed by atoms with Gasteiger partial charge in [0.15, 0.2) is 0 Å².